The molecule has 0 aliphatic carbocycles. The van der Waals surface area contributed by atoms with Crippen molar-refractivity contribution in [2.75, 3.05) is 13.7 Å². The lowest BCUT2D eigenvalue weighted by atomic mass is 10.0. The molecule has 0 saturated carbocycles. The molecule has 9 heteroatoms. The van der Waals surface area contributed by atoms with Gasteiger partial charge in [0.2, 0.25) is 15.9 Å². The van der Waals surface area contributed by atoms with Crippen LogP contribution in [-0.2, 0) is 24.3 Å². The molecule has 0 aliphatic rings. The number of amides is 1. The number of rotatable bonds is 8. The first-order chi connectivity index (χ1) is 11.2. The number of methoxy groups -OCH3 is 1. The van der Waals surface area contributed by atoms with Gasteiger partial charge in [0.15, 0.2) is 0 Å². The standard InChI is InChI=1S/C15H21BrN2O5S/c1-10(2)8-13(15(20)23-3)18-14(19)9-17-24(21,22)12-6-4-11(16)5-7-12/h4-7,10,13,17H,8-9H2,1-3H3,(H,18,19)/t13-/m0/s1. The lowest BCUT2D eigenvalue weighted by molar-refractivity contribution is -0.145. The summed E-state index contributed by atoms with van der Waals surface area (Å²) in [7, 11) is -2.57. The van der Waals surface area contributed by atoms with Gasteiger partial charge in [-0.3, -0.25) is 4.79 Å². The van der Waals surface area contributed by atoms with Crippen LogP contribution in [0.1, 0.15) is 20.3 Å². The molecule has 7 nitrogen and oxygen atoms in total. The van der Waals surface area contributed by atoms with Gasteiger partial charge >= 0.3 is 5.97 Å². The zero-order chi connectivity index (χ0) is 18.3. The fraction of sp³-hybridized carbons (Fsp3) is 0.467. The van der Waals surface area contributed by atoms with Gasteiger partial charge in [-0.15, -0.1) is 0 Å². The highest BCUT2D eigenvalue weighted by Gasteiger charge is 2.23. The second-order valence-corrected chi connectivity index (χ2v) is 8.23. The van der Waals surface area contributed by atoms with E-state index in [1.165, 1.54) is 19.2 Å². The molecule has 0 aliphatic heterocycles. The summed E-state index contributed by atoms with van der Waals surface area (Å²) in [5, 5.41) is 2.48. The molecule has 0 fully saturated rings. The molecule has 1 aromatic rings. The number of halogens is 1. The third kappa shape index (κ3) is 6.58. The van der Waals surface area contributed by atoms with Gasteiger partial charge in [-0.2, -0.15) is 0 Å². The molecular weight excluding hydrogens is 400 g/mol. The number of esters is 1. The number of ether oxygens (including phenoxy) is 1. The van der Waals surface area contributed by atoms with E-state index in [1.807, 2.05) is 13.8 Å². The minimum Gasteiger partial charge on any atom is -0.467 e. The lowest BCUT2D eigenvalue weighted by Crippen LogP contribution is -2.46. The quantitative estimate of drug-likeness (QED) is 0.619. The number of benzene rings is 1. The van der Waals surface area contributed by atoms with Crippen molar-refractivity contribution in [1.82, 2.24) is 10.0 Å². The maximum atomic E-state index is 12.1. The van der Waals surface area contributed by atoms with E-state index in [0.717, 1.165) is 4.47 Å². The summed E-state index contributed by atoms with van der Waals surface area (Å²) in [5.74, 6) is -1.01. The smallest absolute Gasteiger partial charge is 0.328 e. The minimum atomic E-state index is -3.80. The molecule has 0 bridgehead atoms. The molecule has 0 unspecified atom stereocenters. The monoisotopic (exact) mass is 420 g/mol. The summed E-state index contributed by atoms with van der Waals surface area (Å²) >= 11 is 3.22. The van der Waals surface area contributed by atoms with Gasteiger partial charge in [-0.1, -0.05) is 29.8 Å². The van der Waals surface area contributed by atoms with E-state index in [1.54, 1.807) is 12.1 Å². The predicted octanol–water partition coefficient (Wildman–Crippen LogP) is 1.43. The van der Waals surface area contributed by atoms with Crippen LogP contribution in [0.2, 0.25) is 0 Å². The third-order valence-electron chi connectivity index (χ3n) is 3.07. The Morgan fingerprint density at radius 1 is 1.21 bits per heavy atom. The van der Waals surface area contributed by atoms with Crippen LogP contribution in [0.3, 0.4) is 0 Å². The first-order valence-electron chi connectivity index (χ1n) is 7.28. The summed E-state index contributed by atoms with van der Waals surface area (Å²) in [6.07, 6.45) is 0.401. The number of nitrogens with one attached hydrogen (secondary N) is 2. The first kappa shape index (κ1) is 20.6. The van der Waals surface area contributed by atoms with Crippen LogP contribution < -0.4 is 10.0 Å². The Morgan fingerprint density at radius 2 is 1.79 bits per heavy atom. The summed E-state index contributed by atoms with van der Waals surface area (Å²) in [6, 6.07) is 5.20. The maximum absolute atomic E-state index is 12.1. The summed E-state index contributed by atoms with van der Waals surface area (Å²) < 4.78 is 31.8. The molecule has 0 aromatic heterocycles. The number of carbonyl (C=O) groups excluding carboxylic acids is 2. The SMILES string of the molecule is COC(=O)[C@H](CC(C)C)NC(=O)CNS(=O)(=O)c1ccc(Br)cc1. The van der Waals surface area contributed by atoms with Gasteiger partial charge < -0.3 is 10.1 Å². The molecule has 0 heterocycles. The number of sulfonamides is 1. The Bertz CT molecular complexity index is 674. The summed E-state index contributed by atoms with van der Waals surface area (Å²) in [4.78, 5) is 23.6. The van der Waals surface area contributed by atoms with Crippen LogP contribution in [0.5, 0.6) is 0 Å². The van der Waals surface area contributed by atoms with Crippen LogP contribution in [0.15, 0.2) is 33.6 Å². The second-order valence-electron chi connectivity index (χ2n) is 5.55. The van der Waals surface area contributed by atoms with Crippen molar-refractivity contribution in [3.05, 3.63) is 28.7 Å². The van der Waals surface area contributed by atoms with Gasteiger partial charge in [-0.05, 0) is 36.6 Å². The predicted molar refractivity (Wildman–Crippen MR) is 92.7 cm³/mol. The molecule has 0 radical (unpaired) electrons. The molecule has 134 valence electrons. The average Bonchev–Trinajstić information content (AvgIpc) is 2.51. The number of hydrogen-bond acceptors (Lipinski definition) is 5. The van der Waals surface area contributed by atoms with Gasteiger partial charge in [0.25, 0.3) is 0 Å². The normalized spacial score (nSPS) is 12.7. The van der Waals surface area contributed by atoms with E-state index in [0.29, 0.717) is 6.42 Å². The molecule has 24 heavy (non-hydrogen) atoms. The summed E-state index contributed by atoms with van der Waals surface area (Å²) in [5.41, 5.74) is 0. The zero-order valence-electron chi connectivity index (χ0n) is 13.7. The highest BCUT2D eigenvalue weighted by Crippen LogP contribution is 2.14. The number of carbonyl (C=O) groups is 2. The molecular formula is C15H21BrN2O5S. The Morgan fingerprint density at radius 3 is 2.29 bits per heavy atom. The number of hydrogen-bond donors (Lipinski definition) is 2. The van der Waals surface area contributed by atoms with Crippen molar-refractivity contribution in [1.29, 1.82) is 0 Å². The van der Waals surface area contributed by atoms with E-state index in [2.05, 4.69) is 30.7 Å². The van der Waals surface area contributed by atoms with Crippen molar-refractivity contribution in [3.63, 3.8) is 0 Å². The van der Waals surface area contributed by atoms with Gasteiger partial charge in [0.1, 0.15) is 6.04 Å². The highest BCUT2D eigenvalue weighted by molar-refractivity contribution is 9.10. The summed E-state index contributed by atoms with van der Waals surface area (Å²) in [6.45, 7) is 3.33. The molecule has 1 aromatic carbocycles. The second kappa shape index (κ2) is 9.14. The van der Waals surface area contributed by atoms with Gasteiger partial charge in [0, 0.05) is 4.47 Å². The van der Waals surface area contributed by atoms with Gasteiger partial charge in [0.05, 0.1) is 18.6 Å². The van der Waals surface area contributed by atoms with Crippen molar-refractivity contribution in [2.45, 2.75) is 31.2 Å². The van der Waals surface area contributed by atoms with E-state index >= 15 is 0 Å². The Labute approximate surface area is 150 Å². The van der Waals surface area contributed by atoms with Gasteiger partial charge in [-0.25, -0.2) is 17.9 Å². The van der Waals surface area contributed by atoms with Crippen LogP contribution >= 0.6 is 15.9 Å². The van der Waals surface area contributed by atoms with Crippen molar-refractivity contribution >= 4 is 37.8 Å². The zero-order valence-corrected chi connectivity index (χ0v) is 16.1. The van der Waals surface area contributed by atoms with E-state index in [4.69, 9.17) is 0 Å². The topological polar surface area (TPSA) is 102 Å². The fourth-order valence-corrected chi connectivity index (χ4v) is 3.18. The molecule has 0 saturated heterocycles. The molecule has 1 rings (SSSR count). The third-order valence-corrected chi connectivity index (χ3v) is 5.02. The Kier molecular flexibility index (Phi) is 7.85. The largest absolute Gasteiger partial charge is 0.467 e. The molecule has 2 N–H and O–H groups in total. The van der Waals surface area contributed by atoms with Crippen molar-refractivity contribution in [3.8, 4) is 0 Å². The molecule has 1 amide bonds. The minimum absolute atomic E-state index is 0.0465. The average molecular weight is 421 g/mol. The molecule has 0 spiro atoms. The van der Waals surface area contributed by atoms with Crippen LogP contribution in [0.4, 0.5) is 0 Å². The molecule has 1 atom stereocenters. The van der Waals surface area contributed by atoms with E-state index < -0.39 is 34.5 Å². The lowest BCUT2D eigenvalue weighted by Gasteiger charge is -2.18. The first-order valence-corrected chi connectivity index (χ1v) is 9.55. The van der Waals surface area contributed by atoms with Crippen molar-refractivity contribution in [2.24, 2.45) is 5.92 Å². The maximum Gasteiger partial charge on any atom is 0.328 e. The highest BCUT2D eigenvalue weighted by atomic mass is 79.9. The van der Waals surface area contributed by atoms with E-state index in [-0.39, 0.29) is 10.8 Å². The Balaban J connectivity index is 2.66. The van der Waals surface area contributed by atoms with Crippen molar-refractivity contribution < 1.29 is 22.7 Å². The fourth-order valence-electron chi connectivity index (χ4n) is 1.93. The van der Waals surface area contributed by atoms with Crippen LogP contribution in [0.25, 0.3) is 0 Å². The van der Waals surface area contributed by atoms with Crippen LogP contribution in [-0.4, -0.2) is 40.0 Å². The Hall–Kier alpha value is -1.45. The van der Waals surface area contributed by atoms with E-state index in [9.17, 15) is 18.0 Å². The van der Waals surface area contributed by atoms with Crippen LogP contribution in [0, 0.1) is 5.92 Å².